The SMILES string of the molecule is COC(=O)[C@H](Cc1ccccc1)NC(=O)CCC(=O)N[C@@H](C)CCc1ccccc1. The Morgan fingerprint density at radius 3 is 1.93 bits per heavy atom. The first-order chi connectivity index (χ1) is 14.5. The molecule has 0 spiro atoms. The predicted octanol–water partition coefficient (Wildman–Crippen LogP) is 2.80. The summed E-state index contributed by atoms with van der Waals surface area (Å²) in [5.41, 5.74) is 2.14. The molecule has 30 heavy (non-hydrogen) atoms. The Kier molecular flexibility index (Phi) is 9.58. The van der Waals surface area contributed by atoms with Gasteiger partial charge in [-0.2, -0.15) is 0 Å². The minimum absolute atomic E-state index is 0.0134. The van der Waals surface area contributed by atoms with Crippen LogP contribution in [0.3, 0.4) is 0 Å². The third-order valence-electron chi connectivity index (χ3n) is 4.80. The predicted molar refractivity (Wildman–Crippen MR) is 116 cm³/mol. The monoisotopic (exact) mass is 410 g/mol. The fraction of sp³-hybridized carbons (Fsp3) is 0.375. The maximum atomic E-state index is 12.3. The van der Waals surface area contributed by atoms with E-state index >= 15 is 0 Å². The van der Waals surface area contributed by atoms with E-state index in [-0.39, 0.29) is 30.7 Å². The fourth-order valence-corrected chi connectivity index (χ4v) is 3.13. The number of methoxy groups -OCH3 is 1. The lowest BCUT2D eigenvalue weighted by Gasteiger charge is -2.17. The molecule has 0 saturated carbocycles. The first-order valence-corrected chi connectivity index (χ1v) is 10.2. The molecule has 0 bridgehead atoms. The molecule has 0 heterocycles. The second-order valence-electron chi connectivity index (χ2n) is 7.33. The topological polar surface area (TPSA) is 84.5 Å². The number of amides is 2. The number of aryl methyl sites for hydroxylation is 1. The van der Waals surface area contributed by atoms with Crippen LogP contribution in [0.15, 0.2) is 60.7 Å². The van der Waals surface area contributed by atoms with Crippen LogP contribution in [0.25, 0.3) is 0 Å². The Balaban J connectivity index is 1.74. The van der Waals surface area contributed by atoms with Gasteiger partial charge in [0.2, 0.25) is 11.8 Å². The number of hydrogen-bond acceptors (Lipinski definition) is 4. The number of nitrogens with one attached hydrogen (secondary N) is 2. The molecule has 160 valence electrons. The molecule has 0 aromatic heterocycles. The van der Waals surface area contributed by atoms with Gasteiger partial charge in [-0.1, -0.05) is 60.7 Å². The molecule has 6 heteroatoms. The summed E-state index contributed by atoms with van der Waals surface area (Å²) in [6, 6.07) is 18.7. The number of hydrogen-bond donors (Lipinski definition) is 2. The molecule has 0 aliphatic carbocycles. The van der Waals surface area contributed by atoms with Crippen molar-refractivity contribution in [1.29, 1.82) is 0 Å². The molecular formula is C24H30N2O4. The molecular weight excluding hydrogens is 380 g/mol. The van der Waals surface area contributed by atoms with Gasteiger partial charge in [-0.05, 0) is 30.9 Å². The zero-order valence-corrected chi connectivity index (χ0v) is 17.6. The van der Waals surface area contributed by atoms with Crippen LogP contribution in [0.2, 0.25) is 0 Å². The van der Waals surface area contributed by atoms with Crippen LogP contribution in [0.5, 0.6) is 0 Å². The van der Waals surface area contributed by atoms with Crippen molar-refractivity contribution in [2.45, 2.75) is 51.1 Å². The molecule has 0 unspecified atom stereocenters. The van der Waals surface area contributed by atoms with Crippen LogP contribution in [0.1, 0.15) is 37.3 Å². The van der Waals surface area contributed by atoms with E-state index in [1.54, 1.807) is 0 Å². The summed E-state index contributed by atoms with van der Waals surface area (Å²) >= 11 is 0. The lowest BCUT2D eigenvalue weighted by molar-refractivity contribution is -0.145. The van der Waals surface area contributed by atoms with E-state index in [4.69, 9.17) is 4.74 Å². The largest absolute Gasteiger partial charge is 0.467 e. The van der Waals surface area contributed by atoms with Gasteiger partial charge >= 0.3 is 5.97 Å². The highest BCUT2D eigenvalue weighted by atomic mass is 16.5. The Hall–Kier alpha value is -3.15. The highest BCUT2D eigenvalue weighted by molar-refractivity contribution is 5.87. The van der Waals surface area contributed by atoms with Gasteiger partial charge in [-0.15, -0.1) is 0 Å². The van der Waals surface area contributed by atoms with E-state index in [0.717, 1.165) is 18.4 Å². The summed E-state index contributed by atoms with van der Waals surface area (Å²) < 4.78 is 4.79. The summed E-state index contributed by atoms with van der Waals surface area (Å²) in [5.74, 6) is -1.04. The minimum atomic E-state index is -0.780. The maximum Gasteiger partial charge on any atom is 0.328 e. The molecule has 6 nitrogen and oxygen atoms in total. The average molecular weight is 411 g/mol. The molecule has 0 aliphatic heterocycles. The summed E-state index contributed by atoms with van der Waals surface area (Å²) in [5, 5.41) is 5.60. The van der Waals surface area contributed by atoms with Crippen molar-refractivity contribution < 1.29 is 19.1 Å². The van der Waals surface area contributed by atoms with Gasteiger partial charge in [0.1, 0.15) is 6.04 Å². The van der Waals surface area contributed by atoms with E-state index in [1.807, 2.05) is 55.5 Å². The van der Waals surface area contributed by atoms with E-state index in [1.165, 1.54) is 12.7 Å². The molecule has 2 atom stereocenters. The van der Waals surface area contributed by atoms with Gasteiger partial charge < -0.3 is 15.4 Å². The van der Waals surface area contributed by atoms with E-state index in [9.17, 15) is 14.4 Å². The summed E-state index contributed by atoms with van der Waals surface area (Å²) in [6.07, 6.45) is 2.12. The van der Waals surface area contributed by atoms with E-state index < -0.39 is 12.0 Å². The van der Waals surface area contributed by atoms with Gasteiger partial charge in [0.25, 0.3) is 0 Å². The molecule has 2 aromatic rings. The zero-order valence-electron chi connectivity index (χ0n) is 17.6. The Morgan fingerprint density at radius 2 is 1.37 bits per heavy atom. The number of esters is 1. The average Bonchev–Trinajstić information content (AvgIpc) is 2.76. The second kappa shape index (κ2) is 12.4. The van der Waals surface area contributed by atoms with Crippen molar-refractivity contribution in [2.24, 2.45) is 0 Å². The molecule has 2 amide bonds. The highest BCUT2D eigenvalue weighted by Gasteiger charge is 2.22. The van der Waals surface area contributed by atoms with Crippen LogP contribution >= 0.6 is 0 Å². The van der Waals surface area contributed by atoms with E-state index in [0.29, 0.717) is 6.42 Å². The number of carbonyl (C=O) groups excluding carboxylic acids is 3. The lowest BCUT2D eigenvalue weighted by atomic mass is 10.1. The quantitative estimate of drug-likeness (QED) is 0.558. The van der Waals surface area contributed by atoms with Crippen LogP contribution < -0.4 is 10.6 Å². The van der Waals surface area contributed by atoms with Crippen LogP contribution in [0.4, 0.5) is 0 Å². The van der Waals surface area contributed by atoms with E-state index in [2.05, 4.69) is 22.8 Å². The molecule has 0 radical (unpaired) electrons. The maximum absolute atomic E-state index is 12.3. The Bertz CT molecular complexity index is 808. The Morgan fingerprint density at radius 1 is 0.833 bits per heavy atom. The number of ether oxygens (including phenoxy) is 1. The molecule has 0 fully saturated rings. The Labute approximate surface area is 178 Å². The normalized spacial score (nSPS) is 12.5. The van der Waals surface area contributed by atoms with Crippen molar-refractivity contribution in [3.8, 4) is 0 Å². The van der Waals surface area contributed by atoms with Gasteiger partial charge in [-0.25, -0.2) is 4.79 Å². The molecule has 2 rings (SSSR count). The van der Waals surface area contributed by atoms with Crippen molar-refractivity contribution in [3.63, 3.8) is 0 Å². The first kappa shape index (κ1) is 23.1. The summed E-state index contributed by atoms with van der Waals surface area (Å²) in [6.45, 7) is 1.95. The number of benzene rings is 2. The van der Waals surface area contributed by atoms with Crippen LogP contribution in [-0.2, 0) is 32.0 Å². The van der Waals surface area contributed by atoms with Crippen LogP contribution in [0, 0.1) is 0 Å². The molecule has 0 saturated heterocycles. The van der Waals surface area contributed by atoms with Gasteiger partial charge in [0.05, 0.1) is 7.11 Å². The first-order valence-electron chi connectivity index (χ1n) is 10.2. The smallest absolute Gasteiger partial charge is 0.328 e. The molecule has 0 aliphatic rings. The standard InChI is InChI=1S/C24H30N2O4/c1-18(13-14-19-9-5-3-6-10-19)25-22(27)15-16-23(28)26-21(24(29)30-2)17-20-11-7-4-8-12-20/h3-12,18,21H,13-17H2,1-2H3,(H,25,27)(H,26,28)/t18-,21-/m0/s1. The summed E-state index contributed by atoms with van der Waals surface area (Å²) in [4.78, 5) is 36.4. The number of rotatable bonds is 11. The van der Waals surface area contributed by atoms with Crippen LogP contribution in [-0.4, -0.2) is 37.0 Å². The number of carbonyl (C=O) groups is 3. The van der Waals surface area contributed by atoms with Gasteiger partial charge in [-0.3, -0.25) is 9.59 Å². The third-order valence-corrected chi connectivity index (χ3v) is 4.80. The summed E-state index contributed by atoms with van der Waals surface area (Å²) in [7, 11) is 1.29. The minimum Gasteiger partial charge on any atom is -0.467 e. The van der Waals surface area contributed by atoms with Gasteiger partial charge in [0, 0.05) is 25.3 Å². The van der Waals surface area contributed by atoms with Crippen molar-refractivity contribution in [2.75, 3.05) is 7.11 Å². The molecule has 2 aromatic carbocycles. The van der Waals surface area contributed by atoms with Gasteiger partial charge in [0.15, 0.2) is 0 Å². The highest BCUT2D eigenvalue weighted by Crippen LogP contribution is 2.07. The van der Waals surface area contributed by atoms with Crippen molar-refractivity contribution in [1.82, 2.24) is 10.6 Å². The molecule has 2 N–H and O–H groups in total. The zero-order chi connectivity index (χ0) is 21.8. The second-order valence-corrected chi connectivity index (χ2v) is 7.33. The third kappa shape index (κ3) is 8.47. The fourth-order valence-electron chi connectivity index (χ4n) is 3.13. The van der Waals surface area contributed by atoms with Crippen molar-refractivity contribution >= 4 is 17.8 Å². The lowest BCUT2D eigenvalue weighted by Crippen LogP contribution is -2.43. The van der Waals surface area contributed by atoms with Crippen molar-refractivity contribution in [3.05, 3.63) is 71.8 Å².